The van der Waals surface area contributed by atoms with Crippen LogP contribution in [0.1, 0.15) is 10.4 Å². The van der Waals surface area contributed by atoms with E-state index in [0.29, 0.717) is 16.9 Å². The number of carboxylic acid groups (broad SMARTS) is 1. The van der Waals surface area contributed by atoms with Gasteiger partial charge in [0.2, 0.25) is 0 Å². The summed E-state index contributed by atoms with van der Waals surface area (Å²) in [7, 11) is 0. The van der Waals surface area contributed by atoms with Gasteiger partial charge in [0, 0.05) is 11.8 Å². The molecule has 0 amide bonds. The monoisotopic (exact) mass is 288 g/mol. The predicted molar refractivity (Wildman–Crippen MR) is 74.3 cm³/mol. The van der Waals surface area contributed by atoms with E-state index < -0.39 is 5.97 Å². The minimum absolute atomic E-state index is 0.123. The van der Waals surface area contributed by atoms with Crippen LogP contribution in [0.2, 0.25) is 5.15 Å². The highest BCUT2D eigenvalue weighted by atomic mass is 35.5. The highest BCUT2D eigenvalue weighted by Gasteiger charge is 2.13. The van der Waals surface area contributed by atoms with Gasteiger partial charge in [0.15, 0.2) is 5.15 Å². The zero-order chi connectivity index (χ0) is 14.3. The van der Waals surface area contributed by atoms with Gasteiger partial charge in [-0.3, -0.25) is 4.40 Å². The Morgan fingerprint density at radius 2 is 2.05 bits per heavy atom. The van der Waals surface area contributed by atoms with E-state index >= 15 is 0 Å². The number of hydrogen-bond donors (Lipinski definition) is 2. The predicted octanol–water partition coefficient (Wildman–Crippen LogP) is 3.06. The smallest absolute Gasteiger partial charge is 0.335 e. The Bertz CT molecular complexity index is 826. The number of aromatic hydroxyl groups is 1. The molecule has 1 aromatic carbocycles. The first kappa shape index (κ1) is 12.5. The summed E-state index contributed by atoms with van der Waals surface area (Å²) in [5, 5.41) is 18.7. The number of phenols is 1. The fourth-order valence-electron chi connectivity index (χ4n) is 2.03. The highest BCUT2D eigenvalue weighted by molar-refractivity contribution is 6.33. The molecule has 0 unspecified atom stereocenters. The molecule has 0 radical (unpaired) electrons. The molecule has 20 heavy (non-hydrogen) atoms. The Hall–Kier alpha value is -2.53. The van der Waals surface area contributed by atoms with E-state index in [-0.39, 0.29) is 16.5 Å². The number of fused-ring (bicyclic) bond motifs is 1. The van der Waals surface area contributed by atoms with Crippen LogP contribution in [0.4, 0.5) is 0 Å². The molecule has 3 aromatic rings. The van der Waals surface area contributed by atoms with Crippen molar-refractivity contribution in [2.24, 2.45) is 0 Å². The lowest BCUT2D eigenvalue weighted by atomic mass is 10.2. The van der Waals surface area contributed by atoms with Crippen LogP contribution < -0.4 is 0 Å². The number of carboxylic acids is 1. The first-order valence-corrected chi connectivity index (χ1v) is 6.14. The third kappa shape index (κ3) is 1.98. The van der Waals surface area contributed by atoms with Crippen molar-refractivity contribution in [3.63, 3.8) is 0 Å². The van der Waals surface area contributed by atoms with Crippen LogP contribution in [0.15, 0.2) is 42.6 Å². The van der Waals surface area contributed by atoms with Crippen LogP contribution in [0.25, 0.3) is 16.9 Å². The second-order valence-corrected chi connectivity index (χ2v) is 4.61. The number of hydrogen-bond acceptors (Lipinski definition) is 3. The SMILES string of the molecule is O=C(O)c1ccn2c(-c3cccc(O)c3)nc(Cl)c2c1. The van der Waals surface area contributed by atoms with Crippen LogP contribution in [-0.4, -0.2) is 25.6 Å². The molecule has 100 valence electrons. The molecule has 2 heterocycles. The molecule has 0 spiro atoms. The van der Waals surface area contributed by atoms with Gasteiger partial charge in [-0.1, -0.05) is 23.7 Å². The molecule has 0 fully saturated rings. The highest BCUT2D eigenvalue weighted by Crippen LogP contribution is 2.28. The van der Waals surface area contributed by atoms with E-state index in [0.717, 1.165) is 0 Å². The standard InChI is InChI=1S/C14H9ClN2O3/c15-12-11-7-9(14(19)20)4-5-17(11)13(16-12)8-2-1-3-10(18)6-8/h1-7,18H,(H,19,20). The fourth-order valence-corrected chi connectivity index (χ4v) is 2.26. The second kappa shape index (κ2) is 4.54. The van der Waals surface area contributed by atoms with E-state index in [1.807, 2.05) is 0 Å². The molecule has 0 saturated heterocycles. The van der Waals surface area contributed by atoms with Gasteiger partial charge in [0.05, 0.1) is 11.1 Å². The zero-order valence-electron chi connectivity index (χ0n) is 10.1. The minimum Gasteiger partial charge on any atom is -0.508 e. The Labute approximate surface area is 118 Å². The average Bonchev–Trinajstić information content (AvgIpc) is 2.76. The summed E-state index contributed by atoms with van der Waals surface area (Å²) in [4.78, 5) is 15.2. The number of nitrogens with zero attached hydrogens (tertiary/aromatic N) is 2. The van der Waals surface area contributed by atoms with E-state index in [9.17, 15) is 9.90 Å². The molecule has 0 atom stereocenters. The molecule has 0 aliphatic heterocycles. The lowest BCUT2D eigenvalue weighted by Crippen LogP contribution is -1.97. The maximum atomic E-state index is 11.0. The first-order valence-electron chi connectivity index (χ1n) is 5.76. The number of halogens is 1. The number of aromatic nitrogens is 2. The van der Waals surface area contributed by atoms with Crippen LogP contribution >= 0.6 is 11.6 Å². The van der Waals surface area contributed by atoms with E-state index in [4.69, 9.17) is 16.7 Å². The summed E-state index contributed by atoms with van der Waals surface area (Å²) in [6.45, 7) is 0. The zero-order valence-corrected chi connectivity index (χ0v) is 10.9. The molecule has 0 aliphatic rings. The number of aromatic carboxylic acids is 1. The summed E-state index contributed by atoms with van der Waals surface area (Å²) in [6.07, 6.45) is 1.59. The normalized spacial score (nSPS) is 10.8. The van der Waals surface area contributed by atoms with E-state index in [1.165, 1.54) is 12.1 Å². The van der Waals surface area contributed by atoms with Crippen LogP contribution in [0, 0.1) is 0 Å². The van der Waals surface area contributed by atoms with Crippen molar-refractivity contribution in [1.82, 2.24) is 9.38 Å². The lowest BCUT2D eigenvalue weighted by Gasteiger charge is -2.02. The minimum atomic E-state index is -1.02. The third-order valence-electron chi connectivity index (χ3n) is 2.95. The number of rotatable bonds is 2. The van der Waals surface area contributed by atoms with Crippen LogP contribution in [-0.2, 0) is 0 Å². The van der Waals surface area contributed by atoms with Crippen molar-refractivity contribution < 1.29 is 15.0 Å². The fraction of sp³-hybridized carbons (Fsp3) is 0. The topological polar surface area (TPSA) is 74.8 Å². The van der Waals surface area contributed by atoms with Crippen molar-refractivity contribution in [2.75, 3.05) is 0 Å². The number of carbonyl (C=O) groups is 1. The van der Waals surface area contributed by atoms with Gasteiger partial charge in [-0.2, -0.15) is 0 Å². The van der Waals surface area contributed by atoms with Gasteiger partial charge in [-0.25, -0.2) is 9.78 Å². The van der Waals surface area contributed by atoms with Crippen molar-refractivity contribution >= 4 is 23.1 Å². The lowest BCUT2D eigenvalue weighted by molar-refractivity contribution is 0.0697. The summed E-state index contributed by atoms with van der Waals surface area (Å²) in [6, 6.07) is 9.55. The molecule has 0 saturated carbocycles. The molecule has 5 nitrogen and oxygen atoms in total. The molecule has 0 bridgehead atoms. The van der Waals surface area contributed by atoms with E-state index in [1.54, 1.807) is 34.9 Å². The van der Waals surface area contributed by atoms with Gasteiger partial charge < -0.3 is 10.2 Å². The summed E-state index contributed by atoms with van der Waals surface area (Å²) in [5.74, 6) is -0.362. The average molecular weight is 289 g/mol. The molecule has 2 aromatic heterocycles. The van der Waals surface area contributed by atoms with Crippen LogP contribution in [0.3, 0.4) is 0 Å². The number of phenolic OH excluding ortho intramolecular Hbond substituents is 1. The molecule has 6 heteroatoms. The van der Waals surface area contributed by atoms with Gasteiger partial charge in [0.1, 0.15) is 11.6 Å². The van der Waals surface area contributed by atoms with Crippen molar-refractivity contribution in [3.8, 4) is 17.1 Å². The molecular formula is C14H9ClN2O3. The maximum Gasteiger partial charge on any atom is 0.335 e. The second-order valence-electron chi connectivity index (χ2n) is 4.25. The van der Waals surface area contributed by atoms with Gasteiger partial charge >= 0.3 is 5.97 Å². The van der Waals surface area contributed by atoms with Gasteiger partial charge in [0.25, 0.3) is 0 Å². The Kier molecular flexibility index (Phi) is 2.84. The summed E-state index contributed by atoms with van der Waals surface area (Å²) >= 11 is 6.06. The quantitative estimate of drug-likeness (QED) is 0.760. The van der Waals surface area contributed by atoms with E-state index in [2.05, 4.69) is 4.98 Å². The Morgan fingerprint density at radius 3 is 2.75 bits per heavy atom. The number of imidazole rings is 1. The number of pyridine rings is 1. The van der Waals surface area contributed by atoms with Crippen molar-refractivity contribution in [1.29, 1.82) is 0 Å². The van der Waals surface area contributed by atoms with Crippen molar-refractivity contribution in [3.05, 3.63) is 53.3 Å². The molecule has 2 N–H and O–H groups in total. The first-order chi connectivity index (χ1) is 9.56. The van der Waals surface area contributed by atoms with Gasteiger partial charge in [-0.05, 0) is 24.3 Å². The molecular weight excluding hydrogens is 280 g/mol. The molecule has 3 rings (SSSR count). The van der Waals surface area contributed by atoms with Gasteiger partial charge in [-0.15, -0.1) is 0 Å². The Balaban J connectivity index is 2.25. The summed E-state index contributed by atoms with van der Waals surface area (Å²) in [5.41, 5.74) is 1.33. The van der Waals surface area contributed by atoms with Crippen molar-refractivity contribution in [2.45, 2.75) is 0 Å². The largest absolute Gasteiger partial charge is 0.508 e. The summed E-state index contributed by atoms with van der Waals surface area (Å²) < 4.78 is 1.68. The van der Waals surface area contributed by atoms with Crippen LogP contribution in [0.5, 0.6) is 5.75 Å². The Morgan fingerprint density at radius 1 is 1.25 bits per heavy atom. The third-order valence-corrected chi connectivity index (χ3v) is 3.23. The molecule has 0 aliphatic carbocycles. The number of benzene rings is 1. The maximum absolute atomic E-state index is 11.0.